The molecule has 1 rings (SSSR count). The molecule has 1 heterocycles. The Balaban J connectivity index is 2.42. The van der Waals surface area contributed by atoms with Crippen molar-refractivity contribution in [3.05, 3.63) is 5.01 Å². The predicted molar refractivity (Wildman–Crippen MR) is 68.5 cm³/mol. The summed E-state index contributed by atoms with van der Waals surface area (Å²) in [5, 5.41) is 12.9. The van der Waals surface area contributed by atoms with E-state index in [-0.39, 0.29) is 11.6 Å². The van der Waals surface area contributed by atoms with Crippen LogP contribution in [0.15, 0.2) is 0 Å². The molecule has 0 saturated heterocycles. The Morgan fingerprint density at radius 1 is 1.35 bits per heavy atom. The van der Waals surface area contributed by atoms with Crippen LogP contribution >= 0.6 is 11.3 Å². The van der Waals surface area contributed by atoms with E-state index in [4.69, 9.17) is 9.47 Å². The van der Waals surface area contributed by atoms with Gasteiger partial charge in [0.15, 0.2) is 0 Å². The van der Waals surface area contributed by atoms with Gasteiger partial charge in [0.1, 0.15) is 11.1 Å². The van der Waals surface area contributed by atoms with Gasteiger partial charge < -0.3 is 14.8 Å². The zero-order valence-corrected chi connectivity index (χ0v) is 11.9. The first-order chi connectivity index (χ1) is 7.90. The fourth-order valence-electron chi connectivity index (χ4n) is 1.14. The van der Waals surface area contributed by atoms with Crippen molar-refractivity contribution in [3.8, 4) is 5.19 Å². The zero-order chi connectivity index (χ0) is 12.9. The second kappa shape index (κ2) is 6.28. The summed E-state index contributed by atoms with van der Waals surface area (Å²) in [6, 6.07) is 0. The van der Waals surface area contributed by atoms with Crippen LogP contribution in [0.25, 0.3) is 0 Å². The maximum absolute atomic E-state index is 5.56. The van der Waals surface area contributed by atoms with Gasteiger partial charge in [-0.15, -0.1) is 5.10 Å². The highest BCUT2D eigenvalue weighted by Gasteiger charge is 2.12. The number of nitrogens with one attached hydrogen (secondary N) is 1. The SMILES string of the molecule is COCC(C)Oc1nnc(CNC(C)(C)C)s1. The molecule has 0 radical (unpaired) electrons. The summed E-state index contributed by atoms with van der Waals surface area (Å²) < 4.78 is 10.6. The Bertz CT molecular complexity index is 336. The van der Waals surface area contributed by atoms with Gasteiger partial charge in [0.2, 0.25) is 0 Å². The molecule has 0 fully saturated rings. The van der Waals surface area contributed by atoms with Gasteiger partial charge in [-0.05, 0) is 27.7 Å². The number of aromatic nitrogens is 2. The van der Waals surface area contributed by atoms with Crippen molar-refractivity contribution in [1.29, 1.82) is 0 Å². The molecule has 0 bridgehead atoms. The van der Waals surface area contributed by atoms with Crippen LogP contribution in [0, 0.1) is 0 Å². The van der Waals surface area contributed by atoms with Crippen LogP contribution in [-0.4, -0.2) is 35.6 Å². The maximum Gasteiger partial charge on any atom is 0.294 e. The quantitative estimate of drug-likeness (QED) is 0.845. The normalized spacial score (nSPS) is 13.7. The van der Waals surface area contributed by atoms with E-state index in [1.807, 2.05) is 6.92 Å². The molecular weight excluding hydrogens is 238 g/mol. The highest BCUT2D eigenvalue weighted by molar-refractivity contribution is 7.13. The van der Waals surface area contributed by atoms with Crippen LogP contribution in [0.2, 0.25) is 0 Å². The van der Waals surface area contributed by atoms with E-state index in [1.54, 1.807) is 7.11 Å². The van der Waals surface area contributed by atoms with Gasteiger partial charge in [0.25, 0.3) is 5.19 Å². The molecule has 1 atom stereocenters. The van der Waals surface area contributed by atoms with Crippen LogP contribution in [-0.2, 0) is 11.3 Å². The molecule has 1 aromatic heterocycles. The summed E-state index contributed by atoms with van der Waals surface area (Å²) in [7, 11) is 1.65. The Kier molecular flexibility index (Phi) is 5.30. The summed E-state index contributed by atoms with van der Waals surface area (Å²) in [6.07, 6.45) is -0.00336. The largest absolute Gasteiger partial charge is 0.463 e. The van der Waals surface area contributed by atoms with Gasteiger partial charge in [0.05, 0.1) is 13.2 Å². The second-order valence-corrected chi connectivity index (χ2v) is 5.97. The lowest BCUT2D eigenvalue weighted by Crippen LogP contribution is -2.35. The fraction of sp³-hybridized carbons (Fsp3) is 0.818. The van der Waals surface area contributed by atoms with E-state index in [9.17, 15) is 0 Å². The molecule has 0 aliphatic rings. The Morgan fingerprint density at radius 3 is 2.65 bits per heavy atom. The van der Waals surface area contributed by atoms with E-state index < -0.39 is 0 Å². The van der Waals surface area contributed by atoms with Crippen LogP contribution < -0.4 is 10.1 Å². The number of hydrogen-bond acceptors (Lipinski definition) is 6. The molecule has 1 aromatic rings. The van der Waals surface area contributed by atoms with Crippen molar-refractivity contribution in [2.24, 2.45) is 0 Å². The number of ether oxygens (including phenoxy) is 2. The summed E-state index contributed by atoms with van der Waals surface area (Å²) in [5.41, 5.74) is 0.0794. The molecule has 0 spiro atoms. The topological polar surface area (TPSA) is 56.3 Å². The minimum atomic E-state index is -0.00336. The third-order valence-corrected chi connectivity index (χ3v) is 2.74. The molecule has 0 aliphatic carbocycles. The first kappa shape index (κ1) is 14.3. The van der Waals surface area contributed by atoms with Crippen molar-refractivity contribution in [3.63, 3.8) is 0 Å². The van der Waals surface area contributed by atoms with Crippen molar-refractivity contribution in [2.45, 2.75) is 45.9 Å². The molecule has 0 aromatic carbocycles. The number of rotatable bonds is 6. The molecule has 0 amide bonds. The summed E-state index contributed by atoms with van der Waals surface area (Å²) in [4.78, 5) is 0. The molecule has 5 nitrogen and oxygen atoms in total. The fourth-order valence-corrected chi connectivity index (χ4v) is 1.86. The minimum Gasteiger partial charge on any atom is -0.463 e. The Morgan fingerprint density at radius 2 is 2.06 bits per heavy atom. The van der Waals surface area contributed by atoms with E-state index in [0.29, 0.717) is 18.3 Å². The minimum absolute atomic E-state index is 0.00336. The summed E-state index contributed by atoms with van der Waals surface area (Å²) in [6.45, 7) is 9.56. The lowest BCUT2D eigenvalue weighted by Gasteiger charge is -2.19. The van der Waals surface area contributed by atoms with Gasteiger partial charge in [-0.1, -0.05) is 16.4 Å². The highest BCUT2D eigenvalue weighted by atomic mass is 32.1. The number of methoxy groups -OCH3 is 1. The third-order valence-electron chi connectivity index (χ3n) is 1.92. The van der Waals surface area contributed by atoms with Crippen LogP contribution in [0.1, 0.15) is 32.7 Å². The summed E-state index contributed by atoms with van der Waals surface area (Å²) in [5.74, 6) is 0. The van der Waals surface area contributed by atoms with Crippen molar-refractivity contribution in [1.82, 2.24) is 15.5 Å². The number of nitrogens with zero attached hydrogens (tertiary/aromatic N) is 2. The third kappa shape index (κ3) is 5.95. The molecule has 1 unspecified atom stereocenters. The lowest BCUT2D eigenvalue weighted by molar-refractivity contribution is 0.0914. The standard InChI is InChI=1S/C11H21N3O2S/c1-8(7-15-5)16-10-14-13-9(17-10)6-12-11(2,3)4/h8,12H,6-7H2,1-5H3. The smallest absolute Gasteiger partial charge is 0.294 e. The average Bonchev–Trinajstić information content (AvgIpc) is 2.62. The number of hydrogen-bond donors (Lipinski definition) is 1. The van der Waals surface area contributed by atoms with Gasteiger partial charge in [0, 0.05) is 12.6 Å². The van der Waals surface area contributed by atoms with E-state index in [2.05, 4.69) is 36.3 Å². The lowest BCUT2D eigenvalue weighted by atomic mass is 10.1. The van der Waals surface area contributed by atoms with Gasteiger partial charge in [-0.3, -0.25) is 0 Å². The van der Waals surface area contributed by atoms with Crippen LogP contribution in [0.4, 0.5) is 0 Å². The van der Waals surface area contributed by atoms with E-state index in [1.165, 1.54) is 11.3 Å². The predicted octanol–water partition coefficient (Wildman–Crippen LogP) is 1.84. The summed E-state index contributed by atoms with van der Waals surface area (Å²) >= 11 is 1.47. The van der Waals surface area contributed by atoms with Crippen molar-refractivity contribution in [2.75, 3.05) is 13.7 Å². The zero-order valence-electron chi connectivity index (χ0n) is 11.1. The average molecular weight is 259 g/mol. The Hall–Kier alpha value is -0.720. The van der Waals surface area contributed by atoms with Gasteiger partial charge in [-0.25, -0.2) is 0 Å². The Labute approximate surface area is 107 Å². The van der Waals surface area contributed by atoms with Crippen LogP contribution in [0.5, 0.6) is 5.19 Å². The molecule has 0 saturated carbocycles. The van der Waals surface area contributed by atoms with E-state index in [0.717, 1.165) is 5.01 Å². The van der Waals surface area contributed by atoms with Crippen LogP contribution in [0.3, 0.4) is 0 Å². The molecule has 1 N–H and O–H groups in total. The van der Waals surface area contributed by atoms with Gasteiger partial charge in [-0.2, -0.15) is 0 Å². The monoisotopic (exact) mass is 259 g/mol. The first-order valence-electron chi connectivity index (χ1n) is 5.63. The van der Waals surface area contributed by atoms with E-state index >= 15 is 0 Å². The van der Waals surface area contributed by atoms with Crippen molar-refractivity contribution < 1.29 is 9.47 Å². The second-order valence-electron chi connectivity index (χ2n) is 4.95. The molecular formula is C11H21N3O2S. The molecule has 0 aliphatic heterocycles. The van der Waals surface area contributed by atoms with Crippen molar-refractivity contribution >= 4 is 11.3 Å². The first-order valence-corrected chi connectivity index (χ1v) is 6.45. The van der Waals surface area contributed by atoms with Gasteiger partial charge >= 0.3 is 0 Å². The molecule has 6 heteroatoms. The molecule has 98 valence electrons. The molecule has 17 heavy (non-hydrogen) atoms. The maximum atomic E-state index is 5.56. The highest BCUT2D eigenvalue weighted by Crippen LogP contribution is 2.19.